The summed E-state index contributed by atoms with van der Waals surface area (Å²) in [7, 11) is 0. The minimum Gasteiger partial charge on any atom is -0.381 e. The second kappa shape index (κ2) is 24.1. The van der Waals surface area contributed by atoms with Crippen molar-refractivity contribution >= 4 is 35.4 Å². The molecule has 374 valence electrons. The van der Waals surface area contributed by atoms with E-state index in [4.69, 9.17) is 18.9 Å². The number of carbonyl (C=O) groups is 6. The quantitative estimate of drug-likeness (QED) is 0.190. The molecule has 6 fully saturated rings. The van der Waals surface area contributed by atoms with Gasteiger partial charge >= 0.3 is 24.3 Å². The molecule has 3 N–H and O–H groups in total. The van der Waals surface area contributed by atoms with Crippen LogP contribution in [-0.2, 0) is 33.3 Å². The SMILES string of the molecule is CC(C)C(=O)[C@@H](NC(=O)N1CCN(C(CC(C)C(=O)[C@@H](NC(=O)N2CCCC2)C2CCOC(CC(C)C(=O)C(NC(=O)N3CCOC3)C3CCOCC3)C2)C(F)(F)F)CC1)C1CCOCC1. The fourth-order valence-corrected chi connectivity index (χ4v) is 10.6. The molecule has 6 aliphatic heterocycles. The van der Waals surface area contributed by atoms with Gasteiger partial charge in [0, 0.05) is 96.6 Å². The van der Waals surface area contributed by atoms with Gasteiger partial charge in [-0.1, -0.05) is 27.7 Å². The maximum Gasteiger partial charge on any atom is 0.404 e. The third-order valence-electron chi connectivity index (χ3n) is 14.7. The molecule has 0 aliphatic carbocycles. The molecule has 0 aromatic rings. The fraction of sp³-hybridized carbons (Fsp3) is 0.870. The van der Waals surface area contributed by atoms with Gasteiger partial charge in [0.05, 0.1) is 30.8 Å². The second-order valence-corrected chi connectivity index (χ2v) is 19.7. The highest BCUT2D eigenvalue weighted by Gasteiger charge is 2.48. The number of amides is 6. The van der Waals surface area contributed by atoms with Crippen molar-refractivity contribution in [2.45, 2.75) is 128 Å². The first-order chi connectivity index (χ1) is 31.5. The summed E-state index contributed by atoms with van der Waals surface area (Å²) in [5, 5.41) is 8.82. The minimum atomic E-state index is -4.69. The molecule has 20 heteroatoms. The van der Waals surface area contributed by atoms with E-state index in [-0.39, 0.29) is 74.9 Å². The number of halogens is 3. The Morgan fingerprint density at radius 3 is 1.56 bits per heavy atom. The monoisotopic (exact) mass is 942 g/mol. The van der Waals surface area contributed by atoms with Crippen LogP contribution in [0.15, 0.2) is 0 Å². The number of hydrogen-bond acceptors (Lipinski definition) is 11. The summed E-state index contributed by atoms with van der Waals surface area (Å²) < 4.78 is 67.5. The van der Waals surface area contributed by atoms with Crippen molar-refractivity contribution in [2.75, 3.05) is 92.2 Å². The number of nitrogens with one attached hydrogen (secondary N) is 3. The molecule has 0 saturated carbocycles. The number of Topliss-reactive ketones (excluding diaryl/α,β-unsaturated/α-hetero) is 3. The molecule has 8 atom stereocenters. The van der Waals surface area contributed by atoms with Crippen LogP contribution in [0.5, 0.6) is 0 Å². The van der Waals surface area contributed by atoms with Crippen LogP contribution >= 0.6 is 0 Å². The van der Waals surface area contributed by atoms with Crippen molar-refractivity contribution in [3.8, 4) is 0 Å². The van der Waals surface area contributed by atoms with Crippen LogP contribution in [0.2, 0.25) is 0 Å². The van der Waals surface area contributed by atoms with Gasteiger partial charge in [-0.3, -0.25) is 24.2 Å². The number of nitrogens with zero attached hydrogens (tertiary/aromatic N) is 4. The number of urea groups is 3. The Balaban J connectivity index is 1.10. The van der Waals surface area contributed by atoms with E-state index < -0.39 is 78.5 Å². The second-order valence-electron chi connectivity index (χ2n) is 19.7. The van der Waals surface area contributed by atoms with Gasteiger partial charge in [-0.25, -0.2) is 14.4 Å². The number of alkyl halides is 3. The minimum absolute atomic E-state index is 0.00556. The Morgan fingerprint density at radius 2 is 1.05 bits per heavy atom. The highest BCUT2D eigenvalue weighted by Crippen LogP contribution is 2.35. The lowest BCUT2D eigenvalue weighted by Crippen LogP contribution is -2.60. The van der Waals surface area contributed by atoms with Crippen LogP contribution in [0.4, 0.5) is 27.6 Å². The van der Waals surface area contributed by atoms with E-state index in [0.29, 0.717) is 97.6 Å². The third kappa shape index (κ3) is 13.8. The average Bonchev–Trinajstić information content (AvgIpc) is 4.07. The zero-order valence-corrected chi connectivity index (χ0v) is 39.3. The van der Waals surface area contributed by atoms with Crippen molar-refractivity contribution in [2.24, 2.45) is 35.5 Å². The summed E-state index contributed by atoms with van der Waals surface area (Å²) in [6, 6.07) is -5.82. The normalized spacial score (nSPS) is 25.7. The molecule has 0 radical (unpaired) electrons. The van der Waals surface area contributed by atoms with E-state index in [9.17, 15) is 28.8 Å². The predicted octanol–water partition coefficient (Wildman–Crippen LogP) is 4.22. The van der Waals surface area contributed by atoms with Crippen LogP contribution in [0.25, 0.3) is 0 Å². The van der Waals surface area contributed by atoms with E-state index in [1.807, 2.05) is 0 Å². The van der Waals surface area contributed by atoms with Gasteiger partial charge < -0.3 is 44.7 Å². The fourth-order valence-electron chi connectivity index (χ4n) is 10.6. The lowest BCUT2D eigenvalue weighted by molar-refractivity contribution is -0.191. The largest absolute Gasteiger partial charge is 0.404 e. The lowest BCUT2D eigenvalue weighted by atomic mass is 9.78. The van der Waals surface area contributed by atoms with E-state index in [1.54, 1.807) is 25.7 Å². The molecule has 0 bridgehead atoms. The van der Waals surface area contributed by atoms with Gasteiger partial charge in [0.1, 0.15) is 12.8 Å². The number of ether oxygens (including phenoxy) is 4. The molecule has 6 aliphatic rings. The number of piperazine rings is 1. The lowest BCUT2D eigenvalue weighted by Gasteiger charge is -2.42. The molecule has 0 aromatic heterocycles. The van der Waals surface area contributed by atoms with Gasteiger partial charge in [0.25, 0.3) is 0 Å². The molecule has 0 aromatic carbocycles. The topological polar surface area (TPSA) is 188 Å². The maximum absolute atomic E-state index is 15.0. The van der Waals surface area contributed by atoms with Crippen molar-refractivity contribution in [3.05, 3.63) is 0 Å². The van der Waals surface area contributed by atoms with Crippen LogP contribution in [0.3, 0.4) is 0 Å². The van der Waals surface area contributed by atoms with Gasteiger partial charge in [-0.15, -0.1) is 0 Å². The van der Waals surface area contributed by atoms with E-state index >= 15 is 13.2 Å². The van der Waals surface area contributed by atoms with E-state index in [1.165, 1.54) is 21.6 Å². The summed E-state index contributed by atoms with van der Waals surface area (Å²) in [6.45, 7) is 10.9. The Bertz CT molecular complexity index is 1640. The molecule has 66 heavy (non-hydrogen) atoms. The number of carbonyl (C=O) groups excluding carboxylic acids is 6. The zero-order valence-electron chi connectivity index (χ0n) is 39.3. The Hall–Kier alpha value is -3.59. The first-order valence-electron chi connectivity index (χ1n) is 24.4. The number of hydrogen-bond donors (Lipinski definition) is 3. The van der Waals surface area contributed by atoms with Gasteiger partial charge in [-0.05, 0) is 82.0 Å². The van der Waals surface area contributed by atoms with Crippen molar-refractivity contribution in [1.82, 2.24) is 35.6 Å². The van der Waals surface area contributed by atoms with Crippen molar-refractivity contribution < 1.29 is 60.9 Å². The summed E-state index contributed by atoms with van der Waals surface area (Å²) in [4.78, 5) is 88.0. The summed E-state index contributed by atoms with van der Waals surface area (Å²) in [6.07, 6.45) is -0.665. The van der Waals surface area contributed by atoms with Gasteiger partial charge in [0.15, 0.2) is 17.3 Å². The molecule has 0 spiro atoms. The Morgan fingerprint density at radius 1 is 0.561 bits per heavy atom. The van der Waals surface area contributed by atoms with Crippen molar-refractivity contribution in [1.29, 1.82) is 0 Å². The van der Waals surface area contributed by atoms with Crippen LogP contribution in [-0.4, -0.2) is 184 Å². The Kier molecular flexibility index (Phi) is 18.9. The number of rotatable bonds is 17. The Labute approximate surface area is 387 Å². The summed E-state index contributed by atoms with van der Waals surface area (Å²) >= 11 is 0. The van der Waals surface area contributed by atoms with Gasteiger partial charge in [-0.2, -0.15) is 13.2 Å². The number of likely N-dealkylation sites (tertiary alicyclic amines) is 1. The van der Waals surface area contributed by atoms with E-state index in [2.05, 4.69) is 16.0 Å². The van der Waals surface area contributed by atoms with E-state index in [0.717, 1.165) is 12.8 Å². The summed E-state index contributed by atoms with van der Waals surface area (Å²) in [5.41, 5.74) is 0. The summed E-state index contributed by atoms with van der Waals surface area (Å²) in [5.74, 6) is -3.35. The van der Waals surface area contributed by atoms with Crippen LogP contribution < -0.4 is 16.0 Å². The molecular formula is C46H74F3N7O10. The highest BCUT2D eigenvalue weighted by molar-refractivity contribution is 5.92. The average molecular weight is 942 g/mol. The van der Waals surface area contributed by atoms with Crippen LogP contribution in [0.1, 0.15) is 91.9 Å². The van der Waals surface area contributed by atoms with Gasteiger partial charge in [0.2, 0.25) is 0 Å². The first-order valence-corrected chi connectivity index (χ1v) is 24.4. The smallest absolute Gasteiger partial charge is 0.381 e. The molecule has 6 saturated heterocycles. The predicted molar refractivity (Wildman–Crippen MR) is 235 cm³/mol. The maximum atomic E-state index is 15.0. The third-order valence-corrected chi connectivity index (χ3v) is 14.7. The first kappa shape index (κ1) is 51.8. The molecule has 6 rings (SSSR count). The molecule has 6 heterocycles. The molecule has 6 unspecified atom stereocenters. The molecular weight excluding hydrogens is 868 g/mol. The van der Waals surface area contributed by atoms with Crippen molar-refractivity contribution in [3.63, 3.8) is 0 Å². The highest BCUT2D eigenvalue weighted by atomic mass is 19.4. The zero-order chi connectivity index (χ0) is 47.5. The molecule has 17 nitrogen and oxygen atoms in total. The van der Waals surface area contributed by atoms with Crippen LogP contribution in [0, 0.1) is 35.5 Å². The standard InChI is InChI=1S/C46H74F3N7O10/c1-29(2)40(57)37(32-7-19-63-20-8-32)50-44(61)55-16-14-53(15-17-55)36(46(47,48)49)26-31(4)42(59)39(52-43(60)54-12-5-6-13-54)34-11-23-66-35(27-34)25-30(3)41(58)38(33-9-21-64-22-10-33)51-45(62)56-18-24-65-28-56/h29-39H,5-28H2,1-4H3,(H,50,61)(H,51,62)(H,52,60)/t30?,31?,34?,35?,36?,37-,38?,39-/m0/s1. The molecule has 6 amide bonds. The number of ketones is 3.